The van der Waals surface area contributed by atoms with Crippen molar-refractivity contribution in [2.75, 3.05) is 0 Å². The average Bonchev–Trinajstić information content (AvgIpc) is 3.23. The van der Waals surface area contributed by atoms with Crippen molar-refractivity contribution >= 4 is 27.5 Å². The summed E-state index contributed by atoms with van der Waals surface area (Å²) in [6, 6.07) is 16.3. The summed E-state index contributed by atoms with van der Waals surface area (Å²) < 4.78 is 29.7. The van der Waals surface area contributed by atoms with Crippen molar-refractivity contribution in [3.63, 3.8) is 0 Å². The molecule has 0 atom stereocenters. The molecule has 0 saturated heterocycles. The molecule has 0 unspecified atom stereocenters. The molecular weight excluding hydrogens is 366 g/mol. The molecule has 0 saturated carbocycles. The number of hydrogen-bond acceptors (Lipinski definition) is 2. The lowest BCUT2D eigenvalue weighted by molar-refractivity contribution is 0.0942. The molecule has 0 spiro atoms. The Labute approximate surface area is 158 Å². The van der Waals surface area contributed by atoms with Gasteiger partial charge in [-0.2, -0.15) is 0 Å². The molecule has 3 nitrogen and oxygen atoms in total. The molecule has 0 aliphatic heterocycles. The third-order valence-electron chi connectivity index (χ3n) is 4.33. The summed E-state index contributed by atoms with van der Waals surface area (Å²) in [5.41, 5.74) is 2.89. The predicted octanol–water partition coefficient (Wildman–Crippen LogP) is 4.96. The highest BCUT2D eigenvalue weighted by Crippen LogP contribution is 2.26. The maximum atomic E-state index is 13.5. The minimum absolute atomic E-state index is 0.232. The number of amides is 1. The zero-order valence-electron chi connectivity index (χ0n) is 14.3. The second-order valence-corrected chi connectivity index (χ2v) is 7.18. The highest BCUT2D eigenvalue weighted by molar-refractivity contribution is 7.17. The van der Waals surface area contributed by atoms with E-state index in [0.717, 1.165) is 15.8 Å². The Kier molecular flexibility index (Phi) is 4.73. The number of carbonyl (C=O) groups is 1. The maximum absolute atomic E-state index is 13.5. The van der Waals surface area contributed by atoms with Gasteiger partial charge in [0.25, 0.3) is 5.91 Å². The number of hydrogen-bond donors (Lipinski definition) is 1. The van der Waals surface area contributed by atoms with Gasteiger partial charge in [-0.1, -0.05) is 24.3 Å². The van der Waals surface area contributed by atoms with Crippen molar-refractivity contribution < 1.29 is 13.6 Å². The minimum atomic E-state index is -0.336. The fraction of sp³-hybridized carbons (Fsp3) is 0.0952. The average molecular weight is 382 g/mol. The molecule has 0 aliphatic rings. The summed E-state index contributed by atoms with van der Waals surface area (Å²) >= 11 is 1.55. The van der Waals surface area contributed by atoms with Gasteiger partial charge < -0.3 is 9.88 Å². The van der Waals surface area contributed by atoms with Crippen molar-refractivity contribution in [3.05, 3.63) is 94.5 Å². The van der Waals surface area contributed by atoms with E-state index >= 15 is 0 Å². The molecule has 1 N–H and O–H groups in total. The van der Waals surface area contributed by atoms with Crippen LogP contribution in [0.4, 0.5) is 8.78 Å². The van der Waals surface area contributed by atoms with Crippen LogP contribution in [0.5, 0.6) is 0 Å². The SMILES string of the molecule is O=C(NCc1cccc(F)c1)c1cc2sccc2n1Cc1cccc(F)c1. The zero-order valence-corrected chi connectivity index (χ0v) is 15.1. The molecule has 4 aromatic rings. The Morgan fingerprint density at radius 1 is 0.963 bits per heavy atom. The first-order valence-corrected chi connectivity index (χ1v) is 9.32. The normalized spacial score (nSPS) is 11.0. The molecule has 2 aromatic heterocycles. The molecule has 4 rings (SSSR count). The number of halogens is 2. The van der Waals surface area contributed by atoms with E-state index in [0.29, 0.717) is 17.8 Å². The first-order chi connectivity index (χ1) is 13.1. The van der Waals surface area contributed by atoms with Crippen LogP contribution in [-0.4, -0.2) is 10.5 Å². The summed E-state index contributed by atoms with van der Waals surface area (Å²) in [6.45, 7) is 0.621. The second kappa shape index (κ2) is 7.32. The Bertz CT molecular complexity index is 1120. The number of aromatic nitrogens is 1. The van der Waals surface area contributed by atoms with Crippen molar-refractivity contribution in [2.24, 2.45) is 0 Å². The third-order valence-corrected chi connectivity index (χ3v) is 5.18. The fourth-order valence-corrected chi connectivity index (χ4v) is 3.90. The van der Waals surface area contributed by atoms with Crippen LogP contribution >= 0.6 is 11.3 Å². The van der Waals surface area contributed by atoms with Gasteiger partial charge in [0.2, 0.25) is 0 Å². The molecule has 0 aliphatic carbocycles. The van der Waals surface area contributed by atoms with Gasteiger partial charge in [0, 0.05) is 13.1 Å². The lowest BCUT2D eigenvalue weighted by Gasteiger charge is -2.11. The molecule has 0 fully saturated rings. The number of rotatable bonds is 5. The zero-order chi connectivity index (χ0) is 18.8. The molecular formula is C21H16F2N2OS. The van der Waals surface area contributed by atoms with E-state index in [4.69, 9.17) is 0 Å². The van der Waals surface area contributed by atoms with E-state index < -0.39 is 0 Å². The highest BCUT2D eigenvalue weighted by Gasteiger charge is 2.17. The van der Waals surface area contributed by atoms with E-state index in [1.807, 2.05) is 28.1 Å². The van der Waals surface area contributed by atoms with Crippen LogP contribution in [0.15, 0.2) is 66.0 Å². The first-order valence-electron chi connectivity index (χ1n) is 8.44. The lowest BCUT2D eigenvalue weighted by atomic mass is 10.2. The van der Waals surface area contributed by atoms with Crippen molar-refractivity contribution in [1.29, 1.82) is 0 Å². The molecule has 2 aromatic carbocycles. The molecule has 136 valence electrons. The molecule has 1 amide bonds. The standard InChI is InChI=1S/C21H16F2N2OS/c22-16-5-1-3-14(9-16)12-24-21(26)19-11-20-18(7-8-27-20)25(19)13-15-4-2-6-17(23)10-15/h1-11H,12-13H2,(H,24,26). The van der Waals surface area contributed by atoms with Gasteiger partial charge in [-0.3, -0.25) is 4.79 Å². The third kappa shape index (κ3) is 3.75. The van der Waals surface area contributed by atoms with E-state index in [-0.39, 0.29) is 24.1 Å². The topological polar surface area (TPSA) is 34.0 Å². The molecule has 6 heteroatoms. The van der Waals surface area contributed by atoms with Crippen LogP contribution in [0.3, 0.4) is 0 Å². The fourth-order valence-electron chi connectivity index (χ4n) is 3.07. The molecule has 2 heterocycles. The van der Waals surface area contributed by atoms with Gasteiger partial charge in [0.05, 0.1) is 10.2 Å². The van der Waals surface area contributed by atoms with E-state index in [2.05, 4.69) is 5.32 Å². The van der Waals surface area contributed by atoms with Crippen LogP contribution in [0, 0.1) is 11.6 Å². The molecule has 0 radical (unpaired) electrons. The van der Waals surface area contributed by atoms with E-state index in [1.165, 1.54) is 24.3 Å². The summed E-state index contributed by atoms with van der Waals surface area (Å²) in [4.78, 5) is 12.8. The smallest absolute Gasteiger partial charge is 0.268 e. The van der Waals surface area contributed by atoms with Crippen molar-refractivity contribution in [3.8, 4) is 0 Å². The van der Waals surface area contributed by atoms with Crippen LogP contribution in [0.2, 0.25) is 0 Å². The van der Waals surface area contributed by atoms with Gasteiger partial charge in [-0.25, -0.2) is 8.78 Å². The van der Waals surface area contributed by atoms with Crippen LogP contribution in [0.1, 0.15) is 21.6 Å². The summed E-state index contributed by atoms with van der Waals surface area (Å²) in [5, 5.41) is 4.79. The summed E-state index contributed by atoms with van der Waals surface area (Å²) in [5.74, 6) is -0.894. The van der Waals surface area contributed by atoms with Crippen LogP contribution in [0.25, 0.3) is 10.2 Å². The maximum Gasteiger partial charge on any atom is 0.268 e. The Morgan fingerprint density at radius 3 is 2.41 bits per heavy atom. The molecule has 0 bridgehead atoms. The highest BCUT2D eigenvalue weighted by atomic mass is 32.1. The lowest BCUT2D eigenvalue weighted by Crippen LogP contribution is -2.25. The van der Waals surface area contributed by atoms with Gasteiger partial charge in [0.1, 0.15) is 17.3 Å². The summed E-state index contributed by atoms with van der Waals surface area (Å²) in [6.07, 6.45) is 0. The number of carbonyl (C=O) groups excluding carboxylic acids is 1. The Morgan fingerprint density at radius 2 is 1.67 bits per heavy atom. The van der Waals surface area contributed by atoms with Crippen molar-refractivity contribution in [2.45, 2.75) is 13.1 Å². The number of nitrogens with one attached hydrogen (secondary N) is 1. The Hall–Kier alpha value is -2.99. The van der Waals surface area contributed by atoms with Gasteiger partial charge in [-0.05, 0) is 52.9 Å². The minimum Gasteiger partial charge on any atom is -0.347 e. The van der Waals surface area contributed by atoms with Gasteiger partial charge in [-0.15, -0.1) is 11.3 Å². The van der Waals surface area contributed by atoms with Crippen LogP contribution in [-0.2, 0) is 13.1 Å². The first kappa shape index (κ1) is 17.4. The number of nitrogens with zero attached hydrogens (tertiary/aromatic N) is 1. The number of thiophene rings is 1. The second-order valence-electron chi connectivity index (χ2n) is 6.23. The van der Waals surface area contributed by atoms with Gasteiger partial charge in [0.15, 0.2) is 0 Å². The van der Waals surface area contributed by atoms with E-state index in [1.54, 1.807) is 29.5 Å². The van der Waals surface area contributed by atoms with Crippen molar-refractivity contribution in [1.82, 2.24) is 9.88 Å². The van der Waals surface area contributed by atoms with Gasteiger partial charge >= 0.3 is 0 Å². The number of fused-ring (bicyclic) bond motifs is 1. The quantitative estimate of drug-likeness (QED) is 0.520. The predicted molar refractivity (Wildman–Crippen MR) is 103 cm³/mol. The van der Waals surface area contributed by atoms with E-state index in [9.17, 15) is 13.6 Å². The summed E-state index contributed by atoms with van der Waals surface area (Å²) in [7, 11) is 0. The number of benzene rings is 2. The van der Waals surface area contributed by atoms with Crippen LogP contribution < -0.4 is 5.32 Å². The Balaban J connectivity index is 1.61. The monoisotopic (exact) mass is 382 g/mol. The largest absolute Gasteiger partial charge is 0.347 e. The molecule has 27 heavy (non-hydrogen) atoms.